The summed E-state index contributed by atoms with van der Waals surface area (Å²) in [7, 11) is 0. The van der Waals surface area contributed by atoms with Crippen LogP contribution in [0.5, 0.6) is 0 Å². The molecule has 2 bridgehead atoms. The van der Waals surface area contributed by atoms with Gasteiger partial charge >= 0.3 is 0 Å². The van der Waals surface area contributed by atoms with Crippen LogP contribution < -0.4 is 5.32 Å². The predicted octanol–water partition coefficient (Wildman–Crippen LogP) is 3.93. The van der Waals surface area contributed by atoms with Gasteiger partial charge in [-0.15, -0.1) is 0 Å². The fourth-order valence-corrected chi connectivity index (χ4v) is 5.13. The molecule has 4 nitrogen and oxygen atoms in total. The molecule has 0 saturated carbocycles. The molecule has 0 radical (unpaired) electrons. The molecule has 138 valence electrons. The Morgan fingerprint density at radius 2 is 1.96 bits per heavy atom. The van der Waals surface area contributed by atoms with Gasteiger partial charge in [0.05, 0.1) is 4.70 Å². The third-order valence-corrected chi connectivity index (χ3v) is 6.63. The molecule has 1 aromatic heterocycles. The molecule has 1 atom stereocenters. The van der Waals surface area contributed by atoms with Crippen LogP contribution in [0.15, 0.2) is 42.5 Å². The van der Waals surface area contributed by atoms with Crippen LogP contribution in [0.3, 0.4) is 0 Å². The van der Waals surface area contributed by atoms with Crippen molar-refractivity contribution < 1.29 is 9.18 Å². The summed E-state index contributed by atoms with van der Waals surface area (Å²) in [5, 5.41) is 4.07. The molecule has 6 rings (SSSR count). The molecule has 0 spiro atoms. The third kappa shape index (κ3) is 3.13. The van der Waals surface area contributed by atoms with Crippen LogP contribution >= 0.6 is 11.5 Å². The predicted molar refractivity (Wildman–Crippen MR) is 105 cm³/mol. The Bertz CT molecular complexity index is 1010. The summed E-state index contributed by atoms with van der Waals surface area (Å²) in [6.07, 6.45) is 2.33. The quantitative estimate of drug-likeness (QED) is 0.748. The van der Waals surface area contributed by atoms with Crippen molar-refractivity contribution in [3.8, 4) is 11.1 Å². The standard InChI is InChI=1S/C21H20FN3OS/c22-16-3-1-2-14(10-16)15-4-5-17-19(11-15)27-24-20(17)21(26)23-18-12-25-8-6-13(18)7-9-25/h1-5,10-11,13,18H,6-9,12H2,(H,23,26)/t18-/m1/s1. The first-order valence-corrected chi connectivity index (χ1v) is 10.1. The second-order valence-electron chi connectivity index (χ2n) is 7.47. The van der Waals surface area contributed by atoms with Gasteiger partial charge in [-0.2, -0.15) is 4.37 Å². The monoisotopic (exact) mass is 381 g/mol. The van der Waals surface area contributed by atoms with E-state index in [1.165, 1.54) is 36.5 Å². The Balaban J connectivity index is 1.40. The van der Waals surface area contributed by atoms with Crippen molar-refractivity contribution in [1.82, 2.24) is 14.6 Å². The van der Waals surface area contributed by atoms with Gasteiger partial charge in [0.2, 0.25) is 0 Å². The topological polar surface area (TPSA) is 45.2 Å². The van der Waals surface area contributed by atoms with Crippen molar-refractivity contribution in [2.45, 2.75) is 18.9 Å². The second-order valence-corrected chi connectivity index (χ2v) is 8.28. The molecule has 4 heterocycles. The van der Waals surface area contributed by atoms with E-state index in [9.17, 15) is 9.18 Å². The third-order valence-electron chi connectivity index (χ3n) is 5.82. The Hall–Kier alpha value is -2.31. The normalized spacial score (nSPS) is 24.3. The number of hydrogen-bond donors (Lipinski definition) is 1. The smallest absolute Gasteiger partial charge is 0.271 e. The summed E-state index contributed by atoms with van der Waals surface area (Å²) < 4.78 is 18.9. The average molecular weight is 381 g/mol. The molecule has 3 aliphatic rings. The van der Waals surface area contributed by atoms with Crippen LogP contribution in [0.1, 0.15) is 23.3 Å². The van der Waals surface area contributed by atoms with Crippen LogP contribution in [0, 0.1) is 11.7 Å². The molecule has 27 heavy (non-hydrogen) atoms. The average Bonchev–Trinajstić information content (AvgIpc) is 3.12. The molecule has 1 amide bonds. The van der Waals surface area contributed by atoms with Gasteiger partial charge in [0.1, 0.15) is 11.5 Å². The minimum atomic E-state index is -0.255. The number of rotatable bonds is 3. The highest BCUT2D eigenvalue weighted by molar-refractivity contribution is 7.13. The Morgan fingerprint density at radius 1 is 1.15 bits per heavy atom. The van der Waals surface area contributed by atoms with Crippen LogP contribution in [-0.2, 0) is 0 Å². The Kier molecular flexibility index (Phi) is 4.17. The van der Waals surface area contributed by atoms with Crippen molar-refractivity contribution >= 4 is 27.5 Å². The van der Waals surface area contributed by atoms with Gasteiger partial charge in [0.15, 0.2) is 0 Å². The minimum absolute atomic E-state index is 0.0847. The lowest BCUT2D eigenvalue weighted by molar-refractivity contribution is 0.0619. The summed E-state index contributed by atoms with van der Waals surface area (Å²) in [5.74, 6) is 0.247. The molecule has 1 N–H and O–H groups in total. The van der Waals surface area contributed by atoms with Crippen LogP contribution in [0.4, 0.5) is 4.39 Å². The lowest BCUT2D eigenvalue weighted by Gasteiger charge is -2.44. The number of carbonyl (C=O) groups excluding carboxylic acids is 1. The Labute approximate surface area is 161 Å². The SMILES string of the molecule is O=C(N[C@@H]1CN2CCC1CC2)c1nsc2cc(-c3cccc(F)c3)ccc12. The molecular weight excluding hydrogens is 361 g/mol. The summed E-state index contributed by atoms with van der Waals surface area (Å²) in [6.45, 7) is 3.25. The number of carbonyl (C=O) groups is 1. The lowest BCUT2D eigenvalue weighted by Crippen LogP contribution is -2.57. The van der Waals surface area contributed by atoms with Gasteiger partial charge < -0.3 is 10.2 Å². The van der Waals surface area contributed by atoms with Gasteiger partial charge in [-0.25, -0.2) is 4.39 Å². The highest BCUT2D eigenvalue weighted by atomic mass is 32.1. The number of benzene rings is 2. The first-order valence-electron chi connectivity index (χ1n) is 9.36. The summed E-state index contributed by atoms with van der Waals surface area (Å²) >= 11 is 1.32. The highest BCUT2D eigenvalue weighted by Crippen LogP contribution is 2.31. The van der Waals surface area contributed by atoms with E-state index in [1.807, 2.05) is 24.3 Å². The number of amides is 1. The molecule has 3 aromatic rings. The van der Waals surface area contributed by atoms with Crippen molar-refractivity contribution in [2.75, 3.05) is 19.6 Å². The van der Waals surface area contributed by atoms with Crippen molar-refractivity contribution in [3.05, 3.63) is 54.0 Å². The van der Waals surface area contributed by atoms with Crippen LogP contribution in [0.25, 0.3) is 21.2 Å². The minimum Gasteiger partial charge on any atom is -0.346 e. The molecule has 0 unspecified atom stereocenters. The van der Waals surface area contributed by atoms with Gasteiger partial charge in [-0.05, 0) is 72.7 Å². The number of hydrogen-bond acceptors (Lipinski definition) is 4. The van der Waals surface area contributed by atoms with Crippen molar-refractivity contribution in [1.29, 1.82) is 0 Å². The summed E-state index contributed by atoms with van der Waals surface area (Å²) in [4.78, 5) is 15.3. The van der Waals surface area contributed by atoms with E-state index in [4.69, 9.17) is 0 Å². The zero-order valence-corrected chi connectivity index (χ0v) is 15.6. The molecule has 2 aromatic carbocycles. The largest absolute Gasteiger partial charge is 0.346 e. The fraction of sp³-hybridized carbons (Fsp3) is 0.333. The van der Waals surface area contributed by atoms with Gasteiger partial charge in [-0.3, -0.25) is 4.79 Å². The van der Waals surface area contributed by atoms with E-state index in [0.29, 0.717) is 11.6 Å². The maximum atomic E-state index is 13.5. The van der Waals surface area contributed by atoms with E-state index in [0.717, 1.165) is 40.8 Å². The first-order chi connectivity index (χ1) is 13.2. The molecule has 3 fully saturated rings. The Morgan fingerprint density at radius 3 is 2.70 bits per heavy atom. The zero-order chi connectivity index (χ0) is 18.4. The van der Waals surface area contributed by atoms with E-state index in [2.05, 4.69) is 14.6 Å². The van der Waals surface area contributed by atoms with E-state index < -0.39 is 0 Å². The number of halogens is 1. The highest BCUT2D eigenvalue weighted by Gasteiger charge is 2.35. The van der Waals surface area contributed by atoms with Crippen LogP contribution in [-0.4, -0.2) is 40.9 Å². The maximum absolute atomic E-state index is 13.5. The van der Waals surface area contributed by atoms with Gasteiger partial charge in [0, 0.05) is 18.0 Å². The summed E-state index contributed by atoms with van der Waals surface area (Å²) in [6, 6.07) is 12.6. The molecular formula is C21H20FN3OS. The van der Waals surface area contributed by atoms with Gasteiger partial charge in [0.25, 0.3) is 5.91 Å². The fourth-order valence-electron chi connectivity index (χ4n) is 4.31. The van der Waals surface area contributed by atoms with E-state index in [-0.39, 0.29) is 17.8 Å². The second kappa shape index (κ2) is 6.69. The zero-order valence-electron chi connectivity index (χ0n) is 14.8. The first kappa shape index (κ1) is 16.8. The van der Waals surface area contributed by atoms with Crippen molar-refractivity contribution in [3.63, 3.8) is 0 Å². The molecule has 3 saturated heterocycles. The summed E-state index contributed by atoms with van der Waals surface area (Å²) in [5.41, 5.74) is 2.25. The number of fused-ring (bicyclic) bond motifs is 4. The lowest BCUT2D eigenvalue weighted by atomic mass is 9.84. The number of aromatic nitrogens is 1. The molecule has 3 aliphatic heterocycles. The van der Waals surface area contributed by atoms with Crippen LogP contribution in [0.2, 0.25) is 0 Å². The molecule has 6 heteroatoms. The number of piperidine rings is 3. The maximum Gasteiger partial charge on any atom is 0.271 e. The van der Waals surface area contributed by atoms with Crippen molar-refractivity contribution in [2.24, 2.45) is 5.92 Å². The number of nitrogens with zero attached hydrogens (tertiary/aromatic N) is 2. The van der Waals surface area contributed by atoms with Gasteiger partial charge in [-0.1, -0.05) is 24.3 Å². The number of nitrogens with one attached hydrogen (secondary N) is 1. The molecule has 0 aliphatic carbocycles. The van der Waals surface area contributed by atoms with E-state index in [1.54, 1.807) is 6.07 Å². The van der Waals surface area contributed by atoms with E-state index >= 15 is 0 Å².